The number of piperidine rings is 1. The number of nitrogens with zero attached hydrogens (tertiary/aromatic N) is 3. The Morgan fingerprint density at radius 1 is 1.28 bits per heavy atom. The minimum Gasteiger partial charge on any atom is -0.469 e. The number of halogens is 1. The molecular formula is C19H22FN3O2. The molecule has 2 aromatic rings. The molecule has 132 valence electrons. The van der Waals surface area contributed by atoms with Crippen molar-refractivity contribution in [2.75, 3.05) is 20.2 Å². The van der Waals surface area contributed by atoms with Crippen LogP contribution < -0.4 is 0 Å². The van der Waals surface area contributed by atoms with Crippen LogP contribution in [-0.2, 0) is 16.1 Å². The average molecular weight is 343 g/mol. The van der Waals surface area contributed by atoms with Gasteiger partial charge in [-0.25, -0.2) is 9.07 Å². The molecule has 25 heavy (non-hydrogen) atoms. The second-order valence-corrected chi connectivity index (χ2v) is 7.13. The Hall–Kier alpha value is -2.21. The lowest BCUT2D eigenvalue weighted by Crippen LogP contribution is -2.35. The van der Waals surface area contributed by atoms with Crippen LogP contribution in [0.5, 0.6) is 0 Å². The van der Waals surface area contributed by atoms with Crippen LogP contribution in [0.15, 0.2) is 36.5 Å². The van der Waals surface area contributed by atoms with Crippen LogP contribution in [-0.4, -0.2) is 40.8 Å². The van der Waals surface area contributed by atoms with Crippen molar-refractivity contribution < 1.29 is 13.9 Å². The number of benzene rings is 1. The topological polar surface area (TPSA) is 47.4 Å². The first-order valence-electron chi connectivity index (χ1n) is 8.70. The van der Waals surface area contributed by atoms with Gasteiger partial charge in [0.2, 0.25) is 0 Å². The van der Waals surface area contributed by atoms with Gasteiger partial charge >= 0.3 is 5.97 Å². The first-order chi connectivity index (χ1) is 12.1. The quantitative estimate of drug-likeness (QED) is 0.801. The van der Waals surface area contributed by atoms with E-state index in [-0.39, 0.29) is 23.1 Å². The Kier molecular flexibility index (Phi) is 4.07. The lowest BCUT2D eigenvalue weighted by molar-refractivity contribution is -0.143. The zero-order valence-corrected chi connectivity index (χ0v) is 14.3. The molecule has 2 aliphatic rings. The lowest BCUT2D eigenvalue weighted by atomic mass is 9.91. The molecule has 6 heteroatoms. The molecule has 0 N–H and O–H groups in total. The molecule has 1 aromatic heterocycles. The molecule has 1 aliphatic carbocycles. The highest BCUT2D eigenvalue weighted by Crippen LogP contribution is 2.59. The molecule has 0 bridgehead atoms. The van der Waals surface area contributed by atoms with Crippen molar-refractivity contribution in [1.29, 1.82) is 0 Å². The zero-order valence-electron chi connectivity index (χ0n) is 14.3. The molecule has 0 unspecified atom stereocenters. The number of esters is 1. The molecule has 1 saturated heterocycles. The molecule has 4 rings (SSSR count). The van der Waals surface area contributed by atoms with Crippen LogP contribution in [0.4, 0.5) is 4.39 Å². The van der Waals surface area contributed by atoms with E-state index in [4.69, 9.17) is 4.74 Å². The van der Waals surface area contributed by atoms with Gasteiger partial charge in [-0.15, -0.1) is 0 Å². The maximum absolute atomic E-state index is 13.1. The summed E-state index contributed by atoms with van der Waals surface area (Å²) in [5.74, 6) is -0.199. The van der Waals surface area contributed by atoms with Crippen molar-refractivity contribution in [3.63, 3.8) is 0 Å². The van der Waals surface area contributed by atoms with Gasteiger partial charge in [0.05, 0.1) is 24.4 Å². The molecule has 2 heterocycles. The van der Waals surface area contributed by atoms with Gasteiger partial charge in [-0.2, -0.15) is 5.10 Å². The highest BCUT2D eigenvalue weighted by atomic mass is 19.1. The van der Waals surface area contributed by atoms with Gasteiger partial charge in [-0.3, -0.25) is 9.69 Å². The van der Waals surface area contributed by atoms with Gasteiger partial charge in [0, 0.05) is 12.7 Å². The summed E-state index contributed by atoms with van der Waals surface area (Å²) in [5, 5.41) is 4.38. The van der Waals surface area contributed by atoms with E-state index < -0.39 is 0 Å². The molecule has 1 saturated carbocycles. The number of likely N-dealkylation sites (tertiary alicyclic amines) is 1. The van der Waals surface area contributed by atoms with E-state index in [2.05, 4.69) is 10.00 Å². The Morgan fingerprint density at radius 2 is 2.00 bits per heavy atom. The predicted octanol–water partition coefficient (Wildman–Crippen LogP) is 2.79. The fraction of sp³-hybridized carbons (Fsp3) is 0.474. The highest BCUT2D eigenvalue weighted by Gasteiger charge is 2.59. The molecule has 5 nitrogen and oxygen atoms in total. The summed E-state index contributed by atoms with van der Waals surface area (Å²) in [4.78, 5) is 14.1. The number of aromatic nitrogens is 2. The lowest BCUT2D eigenvalue weighted by Gasteiger charge is -2.32. The smallest absolute Gasteiger partial charge is 0.309 e. The maximum atomic E-state index is 13.1. The summed E-state index contributed by atoms with van der Waals surface area (Å²) in [6, 6.07) is 8.38. The van der Waals surface area contributed by atoms with Crippen LogP contribution in [0, 0.1) is 17.2 Å². The van der Waals surface area contributed by atoms with Crippen LogP contribution in [0.1, 0.15) is 25.0 Å². The largest absolute Gasteiger partial charge is 0.469 e. The average Bonchev–Trinajstić information content (AvgIpc) is 3.13. The maximum Gasteiger partial charge on any atom is 0.309 e. The van der Waals surface area contributed by atoms with Gasteiger partial charge in [-0.05, 0) is 68.1 Å². The van der Waals surface area contributed by atoms with E-state index in [9.17, 15) is 9.18 Å². The first-order valence-corrected chi connectivity index (χ1v) is 8.70. The van der Waals surface area contributed by atoms with Crippen LogP contribution in [0.2, 0.25) is 0 Å². The van der Waals surface area contributed by atoms with Crippen LogP contribution >= 0.6 is 0 Å². The SMILES string of the molecule is COC(=O)[C@H]1CC12CCN(Cc1ccnn1-c1ccc(F)cc1)CC2. The van der Waals surface area contributed by atoms with E-state index in [1.807, 2.05) is 10.7 Å². The number of carbonyl (C=O) groups is 1. The molecule has 0 amide bonds. The summed E-state index contributed by atoms with van der Waals surface area (Å²) in [6.45, 7) is 2.75. The summed E-state index contributed by atoms with van der Waals surface area (Å²) < 4.78 is 19.9. The predicted molar refractivity (Wildman–Crippen MR) is 90.6 cm³/mol. The Balaban J connectivity index is 1.39. The number of hydrogen-bond acceptors (Lipinski definition) is 4. The molecule has 0 radical (unpaired) electrons. The zero-order chi connectivity index (χ0) is 17.4. The number of carbonyl (C=O) groups excluding carboxylic acids is 1. The molecule has 1 aliphatic heterocycles. The molecule has 1 spiro atoms. The van der Waals surface area contributed by atoms with Gasteiger partial charge in [-0.1, -0.05) is 0 Å². The standard InChI is InChI=1S/C19H22FN3O2/c1-25-18(24)17-12-19(17)7-10-22(11-8-19)13-16-6-9-21-23(16)15-4-2-14(20)3-5-15/h2-6,9,17H,7-8,10-13H2,1H3/t17-/m1/s1. The highest BCUT2D eigenvalue weighted by molar-refractivity contribution is 5.76. The van der Waals surface area contributed by atoms with E-state index >= 15 is 0 Å². The monoisotopic (exact) mass is 343 g/mol. The normalized spacial score (nSPS) is 22.1. The molecular weight excluding hydrogens is 321 g/mol. The minimum absolute atomic E-state index is 0.0529. The van der Waals surface area contributed by atoms with Gasteiger partial charge in [0.1, 0.15) is 5.82 Å². The van der Waals surface area contributed by atoms with Crippen molar-refractivity contribution in [2.24, 2.45) is 11.3 Å². The van der Waals surface area contributed by atoms with Crippen LogP contribution in [0.3, 0.4) is 0 Å². The third-order valence-corrected chi connectivity index (χ3v) is 5.71. The summed E-state index contributed by atoms with van der Waals surface area (Å²) in [5.41, 5.74) is 2.13. The van der Waals surface area contributed by atoms with Gasteiger partial charge in [0.15, 0.2) is 0 Å². The fourth-order valence-corrected chi connectivity index (χ4v) is 4.03. The third kappa shape index (κ3) is 3.06. The van der Waals surface area contributed by atoms with E-state index in [1.165, 1.54) is 19.2 Å². The van der Waals surface area contributed by atoms with Crippen molar-refractivity contribution >= 4 is 5.97 Å². The number of ether oxygens (including phenoxy) is 1. The molecule has 1 aromatic carbocycles. The third-order valence-electron chi connectivity index (χ3n) is 5.71. The minimum atomic E-state index is -0.247. The second kappa shape index (κ2) is 6.26. The number of rotatable bonds is 4. The van der Waals surface area contributed by atoms with Crippen molar-refractivity contribution in [3.8, 4) is 5.69 Å². The Labute approximate surface area is 146 Å². The summed E-state index contributed by atoms with van der Waals surface area (Å²) in [7, 11) is 1.47. The summed E-state index contributed by atoms with van der Waals surface area (Å²) >= 11 is 0. The molecule has 1 atom stereocenters. The van der Waals surface area contributed by atoms with Crippen LogP contribution in [0.25, 0.3) is 5.69 Å². The van der Waals surface area contributed by atoms with Crippen molar-refractivity contribution in [3.05, 3.63) is 48.0 Å². The second-order valence-electron chi connectivity index (χ2n) is 7.13. The molecule has 2 fully saturated rings. The number of hydrogen-bond donors (Lipinski definition) is 0. The number of methoxy groups -OCH3 is 1. The Morgan fingerprint density at radius 3 is 2.68 bits per heavy atom. The van der Waals surface area contributed by atoms with E-state index in [0.29, 0.717) is 0 Å². The summed E-state index contributed by atoms with van der Waals surface area (Å²) in [6.07, 6.45) is 4.83. The first kappa shape index (κ1) is 16.3. The fourth-order valence-electron chi connectivity index (χ4n) is 4.03. The van der Waals surface area contributed by atoms with E-state index in [0.717, 1.165) is 50.3 Å². The Bertz CT molecular complexity index is 763. The van der Waals surface area contributed by atoms with Crippen molar-refractivity contribution in [1.82, 2.24) is 14.7 Å². The van der Waals surface area contributed by atoms with E-state index in [1.54, 1.807) is 18.3 Å². The van der Waals surface area contributed by atoms with Gasteiger partial charge < -0.3 is 4.74 Å². The van der Waals surface area contributed by atoms with Crippen molar-refractivity contribution in [2.45, 2.75) is 25.8 Å². The van der Waals surface area contributed by atoms with Gasteiger partial charge in [0.25, 0.3) is 0 Å².